The van der Waals surface area contributed by atoms with Gasteiger partial charge in [0, 0.05) is 18.7 Å². The summed E-state index contributed by atoms with van der Waals surface area (Å²) < 4.78 is 0. The van der Waals surface area contributed by atoms with Gasteiger partial charge in [-0.15, -0.1) is 0 Å². The van der Waals surface area contributed by atoms with E-state index in [1.165, 1.54) is 0 Å². The molecule has 0 saturated carbocycles. The van der Waals surface area contributed by atoms with Crippen LogP contribution in [0.15, 0.2) is 18.2 Å². The van der Waals surface area contributed by atoms with Crippen LogP contribution in [0.2, 0.25) is 0 Å². The quantitative estimate of drug-likeness (QED) is 0.747. The highest BCUT2D eigenvalue weighted by Crippen LogP contribution is 2.15. The SMILES string of the molecule is CC#CC(=O)NCc1ccc2c(c1)C(=O)NCC2. The molecule has 0 aromatic heterocycles. The molecule has 1 aliphatic heterocycles. The molecule has 1 aromatic carbocycles. The third-order valence-electron chi connectivity index (χ3n) is 2.79. The van der Waals surface area contributed by atoms with Gasteiger partial charge in [0.1, 0.15) is 0 Å². The van der Waals surface area contributed by atoms with Gasteiger partial charge in [0.15, 0.2) is 0 Å². The van der Waals surface area contributed by atoms with Gasteiger partial charge in [0.2, 0.25) is 0 Å². The lowest BCUT2D eigenvalue weighted by molar-refractivity contribution is -0.115. The second kappa shape index (κ2) is 5.37. The molecule has 4 nitrogen and oxygen atoms in total. The van der Waals surface area contributed by atoms with E-state index in [4.69, 9.17) is 0 Å². The number of nitrogens with one attached hydrogen (secondary N) is 2. The minimum absolute atomic E-state index is 0.0437. The number of rotatable bonds is 2. The molecule has 0 aliphatic carbocycles. The van der Waals surface area contributed by atoms with E-state index in [2.05, 4.69) is 22.5 Å². The number of fused-ring (bicyclic) bond motifs is 1. The summed E-state index contributed by atoms with van der Waals surface area (Å²) in [6, 6.07) is 5.70. The zero-order chi connectivity index (χ0) is 13.0. The van der Waals surface area contributed by atoms with Crippen LogP contribution in [0.5, 0.6) is 0 Å². The van der Waals surface area contributed by atoms with Gasteiger partial charge in [0.25, 0.3) is 11.8 Å². The Morgan fingerprint density at radius 1 is 1.50 bits per heavy atom. The molecule has 2 amide bonds. The molecule has 0 unspecified atom stereocenters. The Bertz CT molecular complexity index is 553. The van der Waals surface area contributed by atoms with Crippen molar-refractivity contribution < 1.29 is 9.59 Å². The van der Waals surface area contributed by atoms with Crippen LogP contribution in [0.25, 0.3) is 0 Å². The van der Waals surface area contributed by atoms with Crippen LogP contribution in [0.4, 0.5) is 0 Å². The van der Waals surface area contributed by atoms with Crippen molar-refractivity contribution in [2.24, 2.45) is 0 Å². The molecule has 1 aliphatic rings. The second-order valence-electron chi connectivity index (χ2n) is 4.06. The Hall–Kier alpha value is -2.28. The monoisotopic (exact) mass is 242 g/mol. The molecule has 1 aromatic rings. The molecular formula is C14H14N2O2. The van der Waals surface area contributed by atoms with Crippen LogP contribution in [0.3, 0.4) is 0 Å². The van der Waals surface area contributed by atoms with Crippen molar-refractivity contribution in [3.05, 3.63) is 34.9 Å². The van der Waals surface area contributed by atoms with Crippen LogP contribution >= 0.6 is 0 Å². The van der Waals surface area contributed by atoms with Crippen molar-refractivity contribution in [1.82, 2.24) is 10.6 Å². The first-order chi connectivity index (χ1) is 8.70. The Morgan fingerprint density at radius 2 is 2.33 bits per heavy atom. The summed E-state index contributed by atoms with van der Waals surface area (Å²) in [4.78, 5) is 22.9. The van der Waals surface area contributed by atoms with Crippen molar-refractivity contribution in [1.29, 1.82) is 0 Å². The van der Waals surface area contributed by atoms with Crippen LogP contribution in [0.1, 0.15) is 28.4 Å². The summed E-state index contributed by atoms with van der Waals surface area (Å²) in [5.41, 5.74) is 2.66. The van der Waals surface area contributed by atoms with E-state index in [1.807, 2.05) is 18.2 Å². The summed E-state index contributed by atoms with van der Waals surface area (Å²) in [7, 11) is 0. The first-order valence-electron chi connectivity index (χ1n) is 5.81. The number of hydrogen-bond donors (Lipinski definition) is 2. The summed E-state index contributed by atoms with van der Waals surface area (Å²) >= 11 is 0. The predicted octanol–water partition coefficient (Wildman–Crippen LogP) is 0.612. The molecule has 0 saturated heterocycles. The largest absolute Gasteiger partial charge is 0.352 e. The van der Waals surface area contributed by atoms with Gasteiger partial charge in [-0.2, -0.15) is 0 Å². The summed E-state index contributed by atoms with van der Waals surface area (Å²) in [5, 5.41) is 5.48. The minimum atomic E-state index is -0.306. The van der Waals surface area contributed by atoms with Gasteiger partial charge in [-0.25, -0.2) is 0 Å². The van der Waals surface area contributed by atoms with Gasteiger partial charge in [-0.3, -0.25) is 9.59 Å². The molecule has 0 atom stereocenters. The summed E-state index contributed by atoms with van der Waals surface area (Å²) in [5.74, 6) is 4.59. The number of carbonyl (C=O) groups excluding carboxylic acids is 2. The normalized spacial score (nSPS) is 12.8. The van der Waals surface area contributed by atoms with Crippen LogP contribution < -0.4 is 10.6 Å². The molecule has 0 spiro atoms. The lowest BCUT2D eigenvalue weighted by Crippen LogP contribution is -2.32. The maximum Gasteiger partial charge on any atom is 0.296 e. The van der Waals surface area contributed by atoms with Gasteiger partial charge in [-0.05, 0) is 36.5 Å². The third kappa shape index (κ3) is 2.69. The molecule has 0 fully saturated rings. The fraction of sp³-hybridized carbons (Fsp3) is 0.286. The van der Waals surface area contributed by atoms with Crippen molar-refractivity contribution >= 4 is 11.8 Å². The first-order valence-corrected chi connectivity index (χ1v) is 5.81. The maximum atomic E-state index is 11.7. The average molecular weight is 242 g/mol. The first kappa shape index (κ1) is 12.2. The highest BCUT2D eigenvalue weighted by atomic mass is 16.2. The van der Waals surface area contributed by atoms with Gasteiger partial charge >= 0.3 is 0 Å². The Balaban J connectivity index is 2.10. The summed E-state index contributed by atoms with van der Waals surface area (Å²) in [6.45, 7) is 2.69. The molecule has 2 N–H and O–H groups in total. The number of amides is 2. The molecule has 1 heterocycles. The predicted molar refractivity (Wildman–Crippen MR) is 67.8 cm³/mol. The molecular weight excluding hydrogens is 228 g/mol. The standard InChI is InChI=1S/C14H14N2O2/c1-2-3-13(17)16-9-10-4-5-11-6-7-15-14(18)12(11)8-10/h4-5,8H,6-7,9H2,1H3,(H,15,18)(H,16,17). The van der Waals surface area contributed by atoms with E-state index in [0.717, 1.165) is 17.5 Å². The average Bonchev–Trinajstić information content (AvgIpc) is 2.37. The molecule has 18 heavy (non-hydrogen) atoms. The smallest absolute Gasteiger partial charge is 0.296 e. The minimum Gasteiger partial charge on any atom is -0.352 e. The Labute approximate surface area is 106 Å². The van der Waals surface area contributed by atoms with Gasteiger partial charge in [0.05, 0.1) is 0 Å². The number of carbonyl (C=O) groups is 2. The topological polar surface area (TPSA) is 58.2 Å². The molecule has 4 heteroatoms. The fourth-order valence-corrected chi connectivity index (χ4v) is 1.91. The Morgan fingerprint density at radius 3 is 3.11 bits per heavy atom. The molecule has 92 valence electrons. The van der Waals surface area contributed by atoms with Crippen LogP contribution in [-0.2, 0) is 17.8 Å². The van der Waals surface area contributed by atoms with Crippen molar-refractivity contribution in [2.75, 3.05) is 6.54 Å². The number of hydrogen-bond acceptors (Lipinski definition) is 2. The van der Waals surface area contributed by atoms with Crippen molar-refractivity contribution in [3.8, 4) is 11.8 Å². The molecule has 0 radical (unpaired) electrons. The maximum absolute atomic E-state index is 11.7. The zero-order valence-electron chi connectivity index (χ0n) is 10.2. The van der Waals surface area contributed by atoms with E-state index in [9.17, 15) is 9.59 Å². The van der Waals surface area contributed by atoms with E-state index in [1.54, 1.807) is 6.92 Å². The molecule has 2 rings (SSSR count). The number of benzene rings is 1. The Kier molecular flexibility index (Phi) is 3.63. The van der Waals surface area contributed by atoms with E-state index < -0.39 is 0 Å². The lowest BCUT2D eigenvalue weighted by Gasteiger charge is -2.17. The highest BCUT2D eigenvalue weighted by molar-refractivity contribution is 5.97. The van der Waals surface area contributed by atoms with Crippen LogP contribution in [0, 0.1) is 11.8 Å². The third-order valence-corrected chi connectivity index (χ3v) is 2.79. The second-order valence-corrected chi connectivity index (χ2v) is 4.06. The van der Waals surface area contributed by atoms with E-state index in [0.29, 0.717) is 18.7 Å². The lowest BCUT2D eigenvalue weighted by atomic mass is 9.98. The van der Waals surface area contributed by atoms with Crippen molar-refractivity contribution in [3.63, 3.8) is 0 Å². The van der Waals surface area contributed by atoms with E-state index in [-0.39, 0.29) is 11.8 Å². The highest BCUT2D eigenvalue weighted by Gasteiger charge is 2.16. The molecule has 0 bridgehead atoms. The van der Waals surface area contributed by atoms with Gasteiger partial charge in [-0.1, -0.05) is 18.1 Å². The summed E-state index contributed by atoms with van der Waals surface area (Å²) in [6.07, 6.45) is 0.856. The van der Waals surface area contributed by atoms with Crippen molar-refractivity contribution in [2.45, 2.75) is 19.9 Å². The fourth-order valence-electron chi connectivity index (χ4n) is 1.91. The zero-order valence-corrected chi connectivity index (χ0v) is 10.2. The van der Waals surface area contributed by atoms with Gasteiger partial charge < -0.3 is 10.6 Å². The van der Waals surface area contributed by atoms with E-state index >= 15 is 0 Å². The van der Waals surface area contributed by atoms with Crippen LogP contribution in [-0.4, -0.2) is 18.4 Å².